The van der Waals surface area contributed by atoms with Gasteiger partial charge in [0.15, 0.2) is 0 Å². The molecule has 0 radical (unpaired) electrons. The molecule has 0 saturated heterocycles. The molecule has 1 N–H and O–H groups in total. The minimum Gasteiger partial charge on any atom is -0.313 e. The van der Waals surface area contributed by atoms with Gasteiger partial charge in [-0.15, -0.1) is 0 Å². The Morgan fingerprint density at radius 1 is 1.60 bits per heavy atom. The predicted molar refractivity (Wildman–Crippen MR) is 48.6 cm³/mol. The summed E-state index contributed by atoms with van der Waals surface area (Å²) < 4.78 is 0. The van der Waals surface area contributed by atoms with Crippen LogP contribution in [0.2, 0.25) is 0 Å². The molecular weight excluding hydrogens is 142 g/mol. The normalized spacial score (nSPS) is 30.6. The molecule has 1 fully saturated rings. The van der Waals surface area contributed by atoms with E-state index in [-0.39, 0.29) is 0 Å². The maximum Gasteiger partial charge on any atom is 0.00967 e. The summed E-state index contributed by atoms with van der Waals surface area (Å²) in [6.07, 6.45) is 1.40. The Balaban J connectivity index is 1.78. The van der Waals surface area contributed by atoms with Gasteiger partial charge in [-0.25, -0.2) is 0 Å². The Kier molecular flexibility index (Phi) is 3.57. The van der Waals surface area contributed by atoms with Crippen molar-refractivity contribution in [1.82, 2.24) is 5.32 Å². The van der Waals surface area contributed by atoms with E-state index in [4.69, 9.17) is 0 Å². The van der Waals surface area contributed by atoms with E-state index in [2.05, 4.69) is 19.2 Å². The van der Waals surface area contributed by atoms with Gasteiger partial charge in [0.25, 0.3) is 0 Å². The predicted octanol–water partition coefficient (Wildman–Crippen LogP) is 1.74. The van der Waals surface area contributed by atoms with Gasteiger partial charge in [0, 0.05) is 18.3 Å². The average Bonchev–Trinajstić information content (AvgIpc) is 2.60. The van der Waals surface area contributed by atoms with Crippen LogP contribution in [-0.2, 0) is 0 Å². The van der Waals surface area contributed by atoms with Gasteiger partial charge >= 0.3 is 0 Å². The molecule has 1 aliphatic carbocycles. The Morgan fingerprint density at radius 2 is 2.30 bits per heavy atom. The fraction of sp³-hybridized carbons (Fsp3) is 1.00. The van der Waals surface area contributed by atoms with Crippen molar-refractivity contribution in [2.75, 3.05) is 18.1 Å². The second-order valence-electron chi connectivity index (χ2n) is 2.97. The van der Waals surface area contributed by atoms with Gasteiger partial charge in [0.2, 0.25) is 0 Å². The zero-order valence-corrected chi connectivity index (χ0v) is 7.71. The lowest BCUT2D eigenvalue weighted by molar-refractivity contribution is 0.684. The van der Waals surface area contributed by atoms with Gasteiger partial charge in [0.1, 0.15) is 0 Å². The van der Waals surface area contributed by atoms with Crippen molar-refractivity contribution in [2.24, 2.45) is 5.92 Å². The summed E-state index contributed by atoms with van der Waals surface area (Å²) >= 11 is 2.02. The summed E-state index contributed by atoms with van der Waals surface area (Å²) in [7, 11) is 0. The van der Waals surface area contributed by atoms with Crippen LogP contribution in [0.25, 0.3) is 0 Å². The fourth-order valence-corrected chi connectivity index (χ4v) is 1.62. The summed E-state index contributed by atoms with van der Waals surface area (Å²) in [4.78, 5) is 0. The monoisotopic (exact) mass is 159 g/mol. The number of thioether (sulfide) groups is 1. The van der Waals surface area contributed by atoms with Crippen molar-refractivity contribution >= 4 is 11.8 Å². The van der Waals surface area contributed by atoms with Crippen LogP contribution in [0.1, 0.15) is 20.3 Å². The molecule has 1 saturated carbocycles. The van der Waals surface area contributed by atoms with Crippen molar-refractivity contribution in [3.8, 4) is 0 Å². The second kappa shape index (κ2) is 4.24. The van der Waals surface area contributed by atoms with Crippen LogP contribution >= 0.6 is 11.8 Å². The van der Waals surface area contributed by atoms with E-state index in [1.165, 1.54) is 24.5 Å². The zero-order valence-electron chi connectivity index (χ0n) is 6.89. The van der Waals surface area contributed by atoms with Gasteiger partial charge in [-0.05, 0) is 18.1 Å². The summed E-state index contributed by atoms with van der Waals surface area (Å²) in [6, 6.07) is 0.859. The summed E-state index contributed by atoms with van der Waals surface area (Å²) in [5.74, 6) is 3.48. The zero-order chi connectivity index (χ0) is 7.40. The first-order chi connectivity index (χ1) is 4.84. The molecular formula is C8H17NS. The van der Waals surface area contributed by atoms with Crippen LogP contribution in [0.3, 0.4) is 0 Å². The number of hydrogen-bond donors (Lipinski definition) is 1. The first kappa shape index (κ1) is 8.41. The van der Waals surface area contributed by atoms with E-state index < -0.39 is 0 Å². The molecule has 0 amide bonds. The van der Waals surface area contributed by atoms with Gasteiger partial charge in [-0.3, -0.25) is 0 Å². The largest absolute Gasteiger partial charge is 0.313 e. The van der Waals surface area contributed by atoms with E-state index in [0.29, 0.717) is 0 Å². The van der Waals surface area contributed by atoms with E-state index >= 15 is 0 Å². The van der Waals surface area contributed by atoms with E-state index in [0.717, 1.165) is 12.0 Å². The lowest BCUT2D eigenvalue weighted by Gasteiger charge is -2.00. The van der Waals surface area contributed by atoms with Crippen molar-refractivity contribution in [3.63, 3.8) is 0 Å². The Bertz CT molecular complexity index is 95.3. The van der Waals surface area contributed by atoms with Crippen LogP contribution < -0.4 is 5.32 Å². The number of rotatable bonds is 5. The first-order valence-corrected chi connectivity index (χ1v) is 5.31. The average molecular weight is 159 g/mol. The molecule has 0 bridgehead atoms. The number of nitrogens with one attached hydrogen (secondary N) is 1. The third kappa shape index (κ3) is 2.93. The van der Waals surface area contributed by atoms with Crippen LogP contribution in [0, 0.1) is 5.92 Å². The third-order valence-electron chi connectivity index (χ3n) is 1.97. The molecule has 60 valence electrons. The second-order valence-corrected chi connectivity index (χ2v) is 4.36. The maximum atomic E-state index is 3.52. The molecule has 1 aliphatic rings. The van der Waals surface area contributed by atoms with Gasteiger partial charge in [-0.1, -0.05) is 13.8 Å². The Hall–Kier alpha value is 0.310. The van der Waals surface area contributed by atoms with Crippen molar-refractivity contribution in [1.29, 1.82) is 0 Å². The number of hydrogen-bond acceptors (Lipinski definition) is 2. The lowest BCUT2D eigenvalue weighted by atomic mass is 10.5. The Labute approximate surface area is 68.0 Å². The molecule has 1 rings (SSSR count). The van der Waals surface area contributed by atoms with Crippen LogP contribution in [0.15, 0.2) is 0 Å². The van der Waals surface area contributed by atoms with Crippen LogP contribution in [0.4, 0.5) is 0 Å². The molecule has 0 spiro atoms. The highest BCUT2D eigenvalue weighted by molar-refractivity contribution is 7.99. The molecule has 0 aliphatic heterocycles. The lowest BCUT2D eigenvalue weighted by Crippen LogP contribution is -2.20. The molecule has 1 nitrogen and oxygen atoms in total. The minimum atomic E-state index is 0.859. The van der Waals surface area contributed by atoms with Gasteiger partial charge in [-0.2, -0.15) is 11.8 Å². The standard InChI is InChI=1S/C8H17NS/c1-3-10-5-4-9-8-6-7(8)2/h7-9H,3-6H2,1-2H3. The SMILES string of the molecule is CCSCCNC1CC1C. The Morgan fingerprint density at radius 3 is 2.80 bits per heavy atom. The van der Waals surface area contributed by atoms with Crippen molar-refractivity contribution in [3.05, 3.63) is 0 Å². The highest BCUT2D eigenvalue weighted by Gasteiger charge is 2.31. The van der Waals surface area contributed by atoms with Gasteiger partial charge in [0.05, 0.1) is 0 Å². The minimum absolute atomic E-state index is 0.859. The smallest absolute Gasteiger partial charge is 0.00967 e. The summed E-state index contributed by atoms with van der Waals surface area (Å²) in [6.45, 7) is 5.72. The van der Waals surface area contributed by atoms with Crippen molar-refractivity contribution < 1.29 is 0 Å². The van der Waals surface area contributed by atoms with Crippen molar-refractivity contribution in [2.45, 2.75) is 26.3 Å². The molecule has 10 heavy (non-hydrogen) atoms. The fourth-order valence-electron chi connectivity index (χ4n) is 1.07. The first-order valence-electron chi connectivity index (χ1n) is 4.15. The third-order valence-corrected chi connectivity index (χ3v) is 2.87. The molecule has 0 aromatic rings. The highest BCUT2D eigenvalue weighted by Crippen LogP contribution is 2.28. The molecule has 0 heterocycles. The molecule has 2 atom stereocenters. The van der Waals surface area contributed by atoms with Gasteiger partial charge < -0.3 is 5.32 Å². The molecule has 0 aromatic heterocycles. The summed E-state index contributed by atoms with van der Waals surface area (Å²) in [5, 5.41) is 3.52. The maximum absolute atomic E-state index is 3.52. The molecule has 2 heteroatoms. The van der Waals surface area contributed by atoms with E-state index in [9.17, 15) is 0 Å². The topological polar surface area (TPSA) is 12.0 Å². The van der Waals surface area contributed by atoms with E-state index in [1.54, 1.807) is 0 Å². The van der Waals surface area contributed by atoms with Crippen LogP contribution in [0.5, 0.6) is 0 Å². The summed E-state index contributed by atoms with van der Waals surface area (Å²) in [5.41, 5.74) is 0. The quantitative estimate of drug-likeness (QED) is 0.613. The molecule has 0 aromatic carbocycles. The van der Waals surface area contributed by atoms with Crippen LogP contribution in [-0.4, -0.2) is 24.1 Å². The highest BCUT2D eigenvalue weighted by atomic mass is 32.2. The van der Waals surface area contributed by atoms with E-state index in [1.807, 2.05) is 11.8 Å². The molecule has 2 unspecified atom stereocenters.